The second-order valence-corrected chi connectivity index (χ2v) is 17.0. The molecule has 0 spiro atoms. The number of phenols is 1. The van der Waals surface area contributed by atoms with E-state index >= 15 is 0 Å². The first-order valence-corrected chi connectivity index (χ1v) is 15.7. The fourth-order valence-corrected chi connectivity index (χ4v) is 14.4. The number of aromatic hydroxyl groups is 1. The summed E-state index contributed by atoms with van der Waals surface area (Å²) in [6.07, 6.45) is 0.966. The van der Waals surface area contributed by atoms with Gasteiger partial charge < -0.3 is 0 Å². The first-order valence-electron chi connectivity index (χ1n) is 11.1. The Kier molecular flexibility index (Phi) is 6.71. The van der Waals surface area contributed by atoms with Crippen LogP contribution in [0.15, 0.2) is 97.1 Å². The number of hydrogen-bond acceptors (Lipinski definition) is 2. The molecule has 0 aliphatic rings. The van der Waals surface area contributed by atoms with Crippen molar-refractivity contribution in [3.05, 3.63) is 114 Å². The van der Waals surface area contributed by atoms with Crippen LogP contribution < -0.4 is 17.9 Å². The van der Waals surface area contributed by atoms with Crippen LogP contribution in [0.25, 0.3) is 0 Å². The van der Waals surface area contributed by atoms with E-state index in [9.17, 15) is 5.11 Å². The van der Waals surface area contributed by atoms with Crippen molar-refractivity contribution < 1.29 is 9.84 Å². The monoisotopic (exact) mass is 484 g/mol. The number of methoxy groups -OCH3 is 1. The molecule has 0 saturated heterocycles. The van der Waals surface area contributed by atoms with Crippen LogP contribution >= 0.6 is 0 Å². The van der Waals surface area contributed by atoms with E-state index < -0.39 is 13.3 Å². The summed E-state index contributed by atoms with van der Waals surface area (Å²) in [5.74, 6) is 1.20. The molecule has 0 heterocycles. The molecule has 3 heteroatoms. The zero-order valence-corrected chi connectivity index (χ0v) is 21.1. The van der Waals surface area contributed by atoms with Crippen LogP contribution in [0.2, 0.25) is 5.25 Å². The summed E-state index contributed by atoms with van der Waals surface area (Å²) < 4.78 is 9.81. The van der Waals surface area contributed by atoms with Crippen molar-refractivity contribution in [2.45, 2.75) is 25.5 Å². The van der Waals surface area contributed by atoms with E-state index in [-0.39, 0.29) is 0 Å². The van der Waals surface area contributed by atoms with Gasteiger partial charge in [-0.2, -0.15) is 0 Å². The van der Waals surface area contributed by atoms with Gasteiger partial charge in [-0.25, -0.2) is 0 Å². The predicted octanol–water partition coefficient (Wildman–Crippen LogP) is 4.73. The molecule has 4 aromatic carbocycles. The number of hydrogen-bond donors (Lipinski definition) is 1. The number of phenolic OH excluding ortho intramolecular Hbond substituents is 1. The summed E-state index contributed by atoms with van der Waals surface area (Å²) in [5, 5.41) is 10.8. The van der Waals surface area contributed by atoms with Gasteiger partial charge in [0.15, 0.2) is 0 Å². The van der Waals surface area contributed by atoms with E-state index in [1.54, 1.807) is 19.2 Å². The molecule has 0 amide bonds. The Morgan fingerprint density at radius 2 is 1.06 bits per heavy atom. The number of ether oxygens (including phenoxy) is 1. The minimum absolute atomic E-state index is 0.314. The van der Waals surface area contributed by atoms with Gasteiger partial charge in [-0.3, -0.25) is 0 Å². The molecule has 32 heavy (non-hydrogen) atoms. The summed E-state index contributed by atoms with van der Waals surface area (Å²) in [4.78, 5) is 0. The molecule has 4 rings (SSSR count). The second-order valence-electron chi connectivity index (χ2n) is 8.53. The quantitative estimate of drug-likeness (QED) is 0.386. The molecule has 4 aromatic rings. The Labute approximate surface area is 193 Å². The van der Waals surface area contributed by atoms with E-state index in [1.165, 1.54) is 29.9 Å². The molecule has 0 bridgehead atoms. The molecular weight excluding hydrogens is 453 g/mol. The standard InChI is InChI=1S/C29H30GeO2/c1-22-4-10-25(11-5-22)30(26-12-6-23(2)7-13-26,27-14-18-29(32-3)19-15-27)21-20-24-8-16-28(31)17-9-24/h4-19,31H,20-21H2,1-3H3. The summed E-state index contributed by atoms with van der Waals surface area (Å²) in [6.45, 7) is 4.29. The molecule has 0 aliphatic heterocycles. The number of rotatable bonds is 7. The number of aryl methyl sites for hydroxylation is 3. The first kappa shape index (κ1) is 22.2. The molecule has 0 aromatic heterocycles. The summed E-state index contributed by atoms with van der Waals surface area (Å²) in [5.41, 5.74) is 3.81. The average Bonchev–Trinajstić information content (AvgIpc) is 2.83. The molecular formula is C29H30GeO2. The molecule has 0 unspecified atom stereocenters. The van der Waals surface area contributed by atoms with Gasteiger partial charge in [0.1, 0.15) is 0 Å². The van der Waals surface area contributed by atoms with Gasteiger partial charge in [0.25, 0.3) is 0 Å². The van der Waals surface area contributed by atoms with Crippen molar-refractivity contribution in [2.75, 3.05) is 7.11 Å². The van der Waals surface area contributed by atoms with Crippen molar-refractivity contribution in [2.24, 2.45) is 0 Å². The third kappa shape index (κ3) is 4.61. The molecule has 1 N–H and O–H groups in total. The van der Waals surface area contributed by atoms with Gasteiger partial charge in [0.2, 0.25) is 0 Å². The average molecular weight is 483 g/mol. The molecule has 162 valence electrons. The zero-order chi connectivity index (χ0) is 22.6. The van der Waals surface area contributed by atoms with Gasteiger partial charge in [0, 0.05) is 0 Å². The predicted molar refractivity (Wildman–Crippen MR) is 137 cm³/mol. The third-order valence-electron chi connectivity index (χ3n) is 6.40. The summed E-state index contributed by atoms with van der Waals surface area (Å²) >= 11 is -3.02. The van der Waals surface area contributed by atoms with Crippen LogP contribution in [-0.4, -0.2) is 25.5 Å². The zero-order valence-electron chi connectivity index (χ0n) is 19.0. The normalized spacial score (nSPS) is 11.3. The summed E-state index contributed by atoms with van der Waals surface area (Å²) in [7, 11) is 1.72. The maximum absolute atomic E-state index is 9.72. The molecule has 0 atom stereocenters. The Morgan fingerprint density at radius 1 is 0.625 bits per heavy atom. The van der Waals surface area contributed by atoms with Gasteiger partial charge in [-0.15, -0.1) is 0 Å². The van der Waals surface area contributed by atoms with Crippen LogP contribution in [0.4, 0.5) is 0 Å². The Bertz CT molecular complexity index is 1100. The fraction of sp³-hybridized carbons (Fsp3) is 0.172. The first-order chi connectivity index (χ1) is 15.5. The van der Waals surface area contributed by atoms with E-state index in [4.69, 9.17) is 4.74 Å². The molecule has 0 radical (unpaired) electrons. The van der Waals surface area contributed by atoms with Gasteiger partial charge in [-0.1, -0.05) is 0 Å². The van der Waals surface area contributed by atoms with Crippen LogP contribution in [0.5, 0.6) is 11.5 Å². The van der Waals surface area contributed by atoms with Crippen LogP contribution in [-0.2, 0) is 6.42 Å². The van der Waals surface area contributed by atoms with Crippen LogP contribution in [0.1, 0.15) is 16.7 Å². The van der Waals surface area contributed by atoms with E-state index in [2.05, 4.69) is 86.6 Å². The summed E-state index contributed by atoms with van der Waals surface area (Å²) in [6, 6.07) is 34.7. The van der Waals surface area contributed by atoms with Gasteiger partial charge in [-0.05, 0) is 0 Å². The third-order valence-corrected chi connectivity index (χ3v) is 16.8. The van der Waals surface area contributed by atoms with E-state index in [0.717, 1.165) is 17.4 Å². The topological polar surface area (TPSA) is 29.5 Å². The molecule has 0 saturated carbocycles. The number of benzene rings is 4. The maximum atomic E-state index is 9.72. The fourth-order valence-electron chi connectivity index (χ4n) is 4.48. The molecule has 0 fully saturated rings. The van der Waals surface area contributed by atoms with Gasteiger partial charge >= 0.3 is 194 Å². The Balaban J connectivity index is 1.90. The second kappa shape index (κ2) is 9.66. The Morgan fingerprint density at radius 3 is 1.50 bits per heavy atom. The van der Waals surface area contributed by atoms with Gasteiger partial charge in [0.05, 0.1) is 0 Å². The van der Waals surface area contributed by atoms with Crippen molar-refractivity contribution in [3.8, 4) is 11.5 Å². The van der Waals surface area contributed by atoms with E-state index in [0.29, 0.717) is 5.75 Å². The van der Waals surface area contributed by atoms with E-state index in [1.807, 2.05) is 12.1 Å². The Hall–Kier alpha value is -2.98. The van der Waals surface area contributed by atoms with Crippen molar-refractivity contribution >= 4 is 26.5 Å². The van der Waals surface area contributed by atoms with Crippen molar-refractivity contribution in [1.82, 2.24) is 0 Å². The molecule has 0 aliphatic carbocycles. The van der Waals surface area contributed by atoms with Crippen LogP contribution in [0.3, 0.4) is 0 Å². The van der Waals surface area contributed by atoms with Crippen molar-refractivity contribution in [3.63, 3.8) is 0 Å². The van der Waals surface area contributed by atoms with Crippen LogP contribution in [0, 0.1) is 13.8 Å². The minimum atomic E-state index is -3.02. The SMILES string of the molecule is COc1cc[c]([Ge]([CH2]Cc2ccc(O)cc2)([c]2ccc(C)cc2)[c]2ccc(C)cc2)cc1. The van der Waals surface area contributed by atoms with Crippen molar-refractivity contribution in [1.29, 1.82) is 0 Å². The molecule has 2 nitrogen and oxygen atoms in total.